The van der Waals surface area contributed by atoms with E-state index in [2.05, 4.69) is 16.4 Å². The summed E-state index contributed by atoms with van der Waals surface area (Å²) in [6.07, 6.45) is 6.23. The standard InChI is InChI=1S/C14H19N3O2/c1-3-12(4-2)16-9-10-19-13-7-5-11(6-8-13)14(15)17-18/h1,5-8,12,16,18H,4,9-10H2,2H3,(H2,15,17). The maximum Gasteiger partial charge on any atom is 0.170 e. The minimum Gasteiger partial charge on any atom is -0.492 e. The molecule has 0 saturated carbocycles. The van der Waals surface area contributed by atoms with Gasteiger partial charge in [0.15, 0.2) is 5.84 Å². The first kappa shape index (κ1) is 14.9. The van der Waals surface area contributed by atoms with Crippen LogP contribution in [-0.4, -0.2) is 30.2 Å². The van der Waals surface area contributed by atoms with Crippen molar-refractivity contribution in [3.63, 3.8) is 0 Å². The van der Waals surface area contributed by atoms with Crippen molar-refractivity contribution in [2.75, 3.05) is 13.2 Å². The third-order valence-electron chi connectivity index (χ3n) is 2.63. The zero-order valence-corrected chi connectivity index (χ0v) is 11.0. The van der Waals surface area contributed by atoms with Crippen LogP contribution in [0.15, 0.2) is 29.4 Å². The summed E-state index contributed by atoms with van der Waals surface area (Å²) in [6, 6.07) is 7.09. The monoisotopic (exact) mass is 261 g/mol. The molecular weight excluding hydrogens is 242 g/mol. The van der Waals surface area contributed by atoms with Gasteiger partial charge < -0.3 is 21.0 Å². The lowest BCUT2D eigenvalue weighted by Crippen LogP contribution is -2.30. The molecular formula is C14H19N3O2. The maximum absolute atomic E-state index is 8.54. The van der Waals surface area contributed by atoms with Crippen molar-refractivity contribution in [2.24, 2.45) is 10.9 Å². The topological polar surface area (TPSA) is 79.9 Å². The van der Waals surface area contributed by atoms with Gasteiger partial charge in [-0.2, -0.15) is 0 Å². The van der Waals surface area contributed by atoms with E-state index in [4.69, 9.17) is 22.1 Å². The average molecular weight is 261 g/mol. The molecule has 1 atom stereocenters. The van der Waals surface area contributed by atoms with Crippen LogP contribution in [0.25, 0.3) is 0 Å². The minimum absolute atomic E-state index is 0.0769. The van der Waals surface area contributed by atoms with Gasteiger partial charge in [-0.1, -0.05) is 18.0 Å². The number of rotatable bonds is 7. The van der Waals surface area contributed by atoms with Gasteiger partial charge in [-0.15, -0.1) is 6.42 Å². The highest BCUT2D eigenvalue weighted by molar-refractivity contribution is 5.97. The van der Waals surface area contributed by atoms with Gasteiger partial charge in [-0.05, 0) is 30.7 Å². The van der Waals surface area contributed by atoms with Crippen molar-refractivity contribution >= 4 is 5.84 Å². The normalized spacial score (nSPS) is 12.7. The van der Waals surface area contributed by atoms with Crippen molar-refractivity contribution in [1.82, 2.24) is 5.32 Å². The molecule has 1 rings (SSSR count). The second kappa shape index (κ2) is 8.01. The number of hydrogen-bond donors (Lipinski definition) is 3. The van der Waals surface area contributed by atoms with E-state index >= 15 is 0 Å². The summed E-state index contributed by atoms with van der Waals surface area (Å²) in [5.74, 6) is 3.46. The molecule has 0 spiro atoms. The highest BCUT2D eigenvalue weighted by Crippen LogP contribution is 2.11. The third-order valence-corrected chi connectivity index (χ3v) is 2.63. The van der Waals surface area contributed by atoms with E-state index in [1.165, 1.54) is 0 Å². The molecule has 1 unspecified atom stereocenters. The van der Waals surface area contributed by atoms with E-state index in [1.807, 2.05) is 6.92 Å². The molecule has 0 bridgehead atoms. The largest absolute Gasteiger partial charge is 0.492 e. The fourth-order valence-electron chi connectivity index (χ4n) is 1.50. The van der Waals surface area contributed by atoms with Gasteiger partial charge >= 0.3 is 0 Å². The Labute approximate surface area is 113 Å². The first-order chi connectivity index (χ1) is 9.21. The molecule has 5 heteroatoms. The van der Waals surface area contributed by atoms with E-state index in [9.17, 15) is 0 Å². The van der Waals surface area contributed by atoms with Gasteiger partial charge in [0, 0.05) is 12.1 Å². The summed E-state index contributed by atoms with van der Waals surface area (Å²) in [5.41, 5.74) is 6.11. The summed E-state index contributed by atoms with van der Waals surface area (Å²) in [4.78, 5) is 0. The van der Waals surface area contributed by atoms with Crippen LogP contribution in [0.3, 0.4) is 0 Å². The Morgan fingerprint density at radius 1 is 1.53 bits per heavy atom. The van der Waals surface area contributed by atoms with E-state index in [0.29, 0.717) is 18.7 Å². The molecule has 0 radical (unpaired) electrons. The molecule has 0 fully saturated rings. The lowest BCUT2D eigenvalue weighted by atomic mass is 10.2. The number of hydrogen-bond acceptors (Lipinski definition) is 4. The Morgan fingerprint density at radius 3 is 2.74 bits per heavy atom. The fourth-order valence-corrected chi connectivity index (χ4v) is 1.50. The third kappa shape index (κ3) is 4.90. The van der Waals surface area contributed by atoms with Gasteiger partial charge in [-0.3, -0.25) is 0 Å². The van der Waals surface area contributed by atoms with E-state index < -0.39 is 0 Å². The second-order valence-electron chi connectivity index (χ2n) is 3.94. The number of nitrogens with zero attached hydrogens (tertiary/aromatic N) is 1. The highest BCUT2D eigenvalue weighted by Gasteiger charge is 2.01. The fraction of sp³-hybridized carbons (Fsp3) is 0.357. The van der Waals surface area contributed by atoms with Gasteiger partial charge in [-0.25, -0.2) is 0 Å². The number of nitrogens with two attached hydrogens (primary N) is 1. The van der Waals surface area contributed by atoms with Crippen LogP contribution in [0.2, 0.25) is 0 Å². The van der Waals surface area contributed by atoms with Gasteiger partial charge in [0.25, 0.3) is 0 Å². The van der Waals surface area contributed by atoms with E-state index in [1.54, 1.807) is 24.3 Å². The minimum atomic E-state index is 0.0769. The van der Waals surface area contributed by atoms with E-state index in [0.717, 1.165) is 12.2 Å². The van der Waals surface area contributed by atoms with Gasteiger partial charge in [0.1, 0.15) is 12.4 Å². The van der Waals surface area contributed by atoms with Crippen LogP contribution in [0.1, 0.15) is 18.9 Å². The number of nitrogens with one attached hydrogen (secondary N) is 1. The summed E-state index contributed by atoms with van der Waals surface area (Å²) >= 11 is 0. The predicted molar refractivity (Wildman–Crippen MR) is 75.4 cm³/mol. The smallest absolute Gasteiger partial charge is 0.170 e. The number of terminal acetylenes is 1. The molecule has 102 valence electrons. The molecule has 0 aliphatic rings. The van der Waals surface area contributed by atoms with Crippen LogP contribution in [-0.2, 0) is 0 Å². The predicted octanol–water partition coefficient (Wildman–Crippen LogP) is 1.16. The number of oxime groups is 1. The SMILES string of the molecule is C#CC(CC)NCCOc1ccc(/C(N)=N/O)cc1. The number of amidine groups is 1. The van der Waals surface area contributed by atoms with Crippen molar-refractivity contribution in [3.05, 3.63) is 29.8 Å². The highest BCUT2D eigenvalue weighted by atomic mass is 16.5. The van der Waals surface area contributed by atoms with Gasteiger partial charge in [0.05, 0.1) is 6.04 Å². The average Bonchev–Trinajstić information content (AvgIpc) is 2.47. The van der Waals surface area contributed by atoms with Crippen LogP contribution < -0.4 is 15.8 Å². The maximum atomic E-state index is 8.54. The van der Waals surface area contributed by atoms with Crippen LogP contribution >= 0.6 is 0 Å². The number of benzene rings is 1. The lowest BCUT2D eigenvalue weighted by Gasteiger charge is -2.11. The Morgan fingerprint density at radius 2 is 2.21 bits per heavy atom. The molecule has 0 aromatic heterocycles. The second-order valence-corrected chi connectivity index (χ2v) is 3.94. The molecule has 0 heterocycles. The zero-order valence-electron chi connectivity index (χ0n) is 11.0. The molecule has 0 saturated heterocycles. The van der Waals surface area contributed by atoms with Gasteiger partial charge in [0.2, 0.25) is 0 Å². The van der Waals surface area contributed by atoms with Crippen LogP contribution in [0.5, 0.6) is 5.75 Å². The zero-order chi connectivity index (χ0) is 14.1. The molecule has 4 N–H and O–H groups in total. The quantitative estimate of drug-likeness (QED) is 0.172. The van der Waals surface area contributed by atoms with Crippen molar-refractivity contribution in [3.8, 4) is 18.1 Å². The molecule has 0 amide bonds. The Kier molecular flexibility index (Phi) is 6.27. The molecule has 1 aromatic carbocycles. The molecule has 19 heavy (non-hydrogen) atoms. The first-order valence-electron chi connectivity index (χ1n) is 6.11. The first-order valence-corrected chi connectivity index (χ1v) is 6.11. The van der Waals surface area contributed by atoms with E-state index in [-0.39, 0.29) is 11.9 Å². The van der Waals surface area contributed by atoms with Crippen LogP contribution in [0, 0.1) is 12.3 Å². The van der Waals surface area contributed by atoms with Crippen molar-refractivity contribution in [1.29, 1.82) is 0 Å². The lowest BCUT2D eigenvalue weighted by molar-refractivity contribution is 0.310. The Bertz CT molecular complexity index is 449. The molecule has 5 nitrogen and oxygen atoms in total. The summed E-state index contributed by atoms with van der Waals surface area (Å²) in [6.45, 7) is 3.25. The summed E-state index contributed by atoms with van der Waals surface area (Å²) in [7, 11) is 0. The summed E-state index contributed by atoms with van der Waals surface area (Å²) < 4.78 is 5.54. The molecule has 1 aromatic rings. The van der Waals surface area contributed by atoms with Crippen molar-refractivity contribution < 1.29 is 9.94 Å². The Hall–Kier alpha value is -2.19. The van der Waals surface area contributed by atoms with Crippen LogP contribution in [0.4, 0.5) is 0 Å². The molecule has 0 aliphatic carbocycles. The summed E-state index contributed by atoms with van der Waals surface area (Å²) in [5, 5.41) is 14.7. The van der Waals surface area contributed by atoms with Crippen molar-refractivity contribution in [2.45, 2.75) is 19.4 Å². The Balaban J connectivity index is 2.37. The molecule has 0 aliphatic heterocycles. The number of ether oxygens (including phenoxy) is 1.